The van der Waals surface area contributed by atoms with Crippen LogP contribution in [0.15, 0.2) is 30.3 Å². The van der Waals surface area contributed by atoms with Gasteiger partial charge in [-0.25, -0.2) is 0 Å². The van der Waals surface area contributed by atoms with Crippen molar-refractivity contribution in [1.82, 2.24) is 15.1 Å². The molecule has 2 amide bonds. The molecule has 1 saturated carbocycles. The number of likely N-dealkylation sites (N-methyl/N-ethyl adjacent to an activating group) is 1. The summed E-state index contributed by atoms with van der Waals surface area (Å²) in [5.41, 5.74) is 0.830. The summed E-state index contributed by atoms with van der Waals surface area (Å²) in [5, 5.41) is 6.09. The standard InChI is InChI=1S/C21H30N4O2/c1-24-17(9-10-19(26)23-16-5-3-2-4-6-16)13-22-21(27)20-18(24)11-12-25(20)14-15-7-8-15/h2-6,15,17-18,20H,7-14H2,1H3,(H,22,27)(H,23,26)/t17-,18-,20-/m0/s1. The molecule has 2 saturated heterocycles. The zero-order valence-corrected chi connectivity index (χ0v) is 16.1. The van der Waals surface area contributed by atoms with E-state index in [1.54, 1.807) is 0 Å². The van der Waals surface area contributed by atoms with Crippen molar-refractivity contribution in [3.63, 3.8) is 0 Å². The number of hydrogen-bond acceptors (Lipinski definition) is 4. The minimum atomic E-state index is -0.0289. The van der Waals surface area contributed by atoms with Gasteiger partial charge in [0.25, 0.3) is 0 Å². The number of nitrogens with one attached hydrogen (secondary N) is 2. The van der Waals surface area contributed by atoms with E-state index in [1.165, 1.54) is 12.8 Å². The predicted octanol–water partition coefficient (Wildman–Crippen LogP) is 1.69. The lowest BCUT2D eigenvalue weighted by Gasteiger charge is -2.33. The Kier molecular flexibility index (Phi) is 5.45. The van der Waals surface area contributed by atoms with Crippen LogP contribution in [-0.4, -0.2) is 66.4 Å². The highest BCUT2D eigenvalue weighted by Gasteiger charge is 2.46. The molecule has 2 aliphatic heterocycles. The number of nitrogens with zero attached hydrogens (tertiary/aromatic N) is 2. The summed E-state index contributed by atoms with van der Waals surface area (Å²) >= 11 is 0. The first-order valence-electron chi connectivity index (χ1n) is 10.2. The molecular weight excluding hydrogens is 340 g/mol. The molecule has 0 bridgehead atoms. The first-order valence-corrected chi connectivity index (χ1v) is 10.2. The summed E-state index contributed by atoms with van der Waals surface area (Å²) < 4.78 is 0. The third-order valence-electron chi connectivity index (χ3n) is 6.30. The van der Waals surface area contributed by atoms with Crippen molar-refractivity contribution in [2.45, 2.75) is 50.2 Å². The number of benzene rings is 1. The summed E-state index contributed by atoms with van der Waals surface area (Å²) in [5.74, 6) is 0.993. The van der Waals surface area contributed by atoms with Crippen LogP contribution in [-0.2, 0) is 9.59 Å². The second kappa shape index (κ2) is 7.98. The molecule has 3 aliphatic rings. The van der Waals surface area contributed by atoms with Crippen LogP contribution in [0.1, 0.15) is 32.1 Å². The van der Waals surface area contributed by atoms with Gasteiger partial charge in [-0.15, -0.1) is 0 Å². The molecule has 27 heavy (non-hydrogen) atoms. The monoisotopic (exact) mass is 370 g/mol. The van der Waals surface area contributed by atoms with Crippen LogP contribution in [0.2, 0.25) is 0 Å². The van der Waals surface area contributed by atoms with E-state index < -0.39 is 0 Å². The third kappa shape index (κ3) is 4.33. The second-order valence-corrected chi connectivity index (χ2v) is 8.26. The van der Waals surface area contributed by atoms with E-state index >= 15 is 0 Å². The van der Waals surface area contributed by atoms with E-state index in [0.717, 1.165) is 37.5 Å². The van der Waals surface area contributed by atoms with E-state index in [1.807, 2.05) is 30.3 Å². The Bertz CT molecular complexity index is 676. The first-order chi connectivity index (χ1) is 13.1. The van der Waals surface area contributed by atoms with Gasteiger partial charge in [0.15, 0.2) is 0 Å². The maximum atomic E-state index is 12.7. The van der Waals surface area contributed by atoms with Crippen molar-refractivity contribution < 1.29 is 9.59 Å². The number of fused-ring (bicyclic) bond motifs is 1. The van der Waals surface area contributed by atoms with E-state index in [0.29, 0.717) is 13.0 Å². The maximum Gasteiger partial charge on any atom is 0.239 e. The average molecular weight is 370 g/mol. The summed E-state index contributed by atoms with van der Waals surface area (Å²) in [7, 11) is 2.12. The lowest BCUT2D eigenvalue weighted by Crippen LogP contribution is -2.50. The van der Waals surface area contributed by atoms with E-state index in [2.05, 4.69) is 27.5 Å². The molecular formula is C21H30N4O2. The number of para-hydroxylation sites is 1. The first kappa shape index (κ1) is 18.4. The van der Waals surface area contributed by atoms with Crippen LogP contribution in [0.4, 0.5) is 5.69 Å². The highest BCUT2D eigenvalue weighted by Crippen LogP contribution is 2.34. The molecule has 1 aromatic carbocycles. The Morgan fingerprint density at radius 2 is 2.00 bits per heavy atom. The summed E-state index contributed by atoms with van der Waals surface area (Å²) in [6, 6.07) is 9.98. The van der Waals surface area contributed by atoms with Crippen LogP contribution >= 0.6 is 0 Å². The molecule has 4 rings (SSSR count). The van der Waals surface area contributed by atoms with E-state index in [4.69, 9.17) is 0 Å². The molecule has 1 aliphatic carbocycles. The van der Waals surface area contributed by atoms with Gasteiger partial charge in [-0.3, -0.25) is 19.4 Å². The molecule has 146 valence electrons. The lowest BCUT2D eigenvalue weighted by molar-refractivity contribution is -0.125. The molecule has 1 aromatic rings. The average Bonchev–Trinajstić information content (AvgIpc) is 3.40. The van der Waals surface area contributed by atoms with Crippen molar-refractivity contribution in [2.75, 3.05) is 32.0 Å². The number of anilines is 1. The molecule has 3 fully saturated rings. The predicted molar refractivity (Wildman–Crippen MR) is 105 cm³/mol. The van der Waals surface area contributed by atoms with Crippen LogP contribution in [0, 0.1) is 5.92 Å². The van der Waals surface area contributed by atoms with E-state index in [-0.39, 0.29) is 29.9 Å². The van der Waals surface area contributed by atoms with Crippen molar-refractivity contribution >= 4 is 17.5 Å². The number of likely N-dealkylation sites (tertiary alicyclic amines) is 1. The fourth-order valence-electron chi connectivity index (χ4n) is 4.53. The van der Waals surface area contributed by atoms with Crippen LogP contribution < -0.4 is 10.6 Å². The van der Waals surface area contributed by atoms with Gasteiger partial charge in [0, 0.05) is 43.8 Å². The lowest BCUT2D eigenvalue weighted by atomic mass is 10.0. The van der Waals surface area contributed by atoms with Crippen LogP contribution in [0.3, 0.4) is 0 Å². The fourth-order valence-corrected chi connectivity index (χ4v) is 4.53. The van der Waals surface area contributed by atoms with Crippen LogP contribution in [0.25, 0.3) is 0 Å². The Morgan fingerprint density at radius 1 is 1.22 bits per heavy atom. The minimum Gasteiger partial charge on any atom is -0.353 e. The molecule has 2 heterocycles. The quantitative estimate of drug-likeness (QED) is 0.800. The van der Waals surface area contributed by atoms with E-state index in [9.17, 15) is 9.59 Å². The van der Waals surface area contributed by atoms with Gasteiger partial charge in [-0.2, -0.15) is 0 Å². The Labute approximate surface area is 161 Å². The van der Waals surface area contributed by atoms with Crippen molar-refractivity contribution in [2.24, 2.45) is 5.92 Å². The van der Waals surface area contributed by atoms with Crippen molar-refractivity contribution in [3.05, 3.63) is 30.3 Å². The molecule has 0 aromatic heterocycles. The van der Waals surface area contributed by atoms with Gasteiger partial charge in [0.05, 0.1) is 0 Å². The summed E-state index contributed by atoms with van der Waals surface area (Å²) in [4.78, 5) is 29.8. The SMILES string of the molecule is CN1[C@@H](CCC(=O)Nc2ccccc2)CNC(=O)[C@@H]2[C@@H]1CCN2CC1CC1. The van der Waals surface area contributed by atoms with Gasteiger partial charge < -0.3 is 10.6 Å². The van der Waals surface area contributed by atoms with Gasteiger partial charge in [-0.1, -0.05) is 18.2 Å². The molecule has 6 nitrogen and oxygen atoms in total. The smallest absolute Gasteiger partial charge is 0.239 e. The van der Waals surface area contributed by atoms with Gasteiger partial charge in [0.1, 0.15) is 6.04 Å². The molecule has 0 radical (unpaired) electrons. The minimum absolute atomic E-state index is 0.0289. The van der Waals surface area contributed by atoms with Crippen molar-refractivity contribution in [3.8, 4) is 0 Å². The summed E-state index contributed by atoms with van der Waals surface area (Å²) in [6.07, 6.45) is 4.87. The Morgan fingerprint density at radius 3 is 2.74 bits per heavy atom. The van der Waals surface area contributed by atoms with Gasteiger partial charge in [0.2, 0.25) is 11.8 Å². The molecule has 3 atom stereocenters. The zero-order chi connectivity index (χ0) is 18.8. The molecule has 0 spiro atoms. The Hall–Kier alpha value is -1.92. The normalized spacial score (nSPS) is 29.1. The second-order valence-electron chi connectivity index (χ2n) is 8.26. The highest BCUT2D eigenvalue weighted by molar-refractivity contribution is 5.90. The number of carbonyl (C=O) groups excluding carboxylic acids is 2. The van der Waals surface area contributed by atoms with Crippen molar-refractivity contribution in [1.29, 1.82) is 0 Å². The topological polar surface area (TPSA) is 64.7 Å². The molecule has 6 heteroatoms. The molecule has 0 unspecified atom stereocenters. The number of rotatable bonds is 6. The molecule has 2 N–H and O–H groups in total. The summed E-state index contributed by atoms with van der Waals surface area (Å²) in [6.45, 7) is 2.69. The number of carbonyl (C=O) groups is 2. The Balaban J connectivity index is 1.34. The number of amides is 2. The van der Waals surface area contributed by atoms with Crippen LogP contribution in [0.5, 0.6) is 0 Å². The highest BCUT2D eigenvalue weighted by atomic mass is 16.2. The van der Waals surface area contributed by atoms with Gasteiger partial charge >= 0.3 is 0 Å². The van der Waals surface area contributed by atoms with Gasteiger partial charge in [-0.05, 0) is 50.8 Å². The third-order valence-corrected chi connectivity index (χ3v) is 6.30. The fraction of sp³-hybridized carbons (Fsp3) is 0.619. The zero-order valence-electron chi connectivity index (χ0n) is 16.1. The number of hydrogen-bond donors (Lipinski definition) is 2. The largest absolute Gasteiger partial charge is 0.353 e. The maximum absolute atomic E-state index is 12.7.